The van der Waals surface area contributed by atoms with Crippen molar-refractivity contribution in [3.05, 3.63) is 71.7 Å². The van der Waals surface area contributed by atoms with E-state index in [1.807, 2.05) is 10.5 Å². The Labute approximate surface area is 219 Å². The van der Waals surface area contributed by atoms with Gasteiger partial charge in [0.15, 0.2) is 0 Å². The molecule has 4 aromatic rings. The number of benzene rings is 1. The van der Waals surface area contributed by atoms with E-state index in [-0.39, 0.29) is 45.9 Å². The number of imidazole rings is 1. The minimum Gasteiger partial charge on any atom is -0.481 e. The summed E-state index contributed by atoms with van der Waals surface area (Å²) < 4.78 is 17.5. The topological polar surface area (TPSA) is 159 Å². The molecule has 6 aliphatic carbocycles. The third-order valence-corrected chi connectivity index (χ3v) is 10.6. The number of hydrogen-bond acceptors (Lipinski definition) is 7. The zero-order chi connectivity index (χ0) is 26.6. The molecule has 0 saturated heterocycles. The highest BCUT2D eigenvalue weighted by atomic mass is 19.1. The van der Waals surface area contributed by atoms with Gasteiger partial charge in [-0.3, -0.25) is 14.0 Å². The summed E-state index contributed by atoms with van der Waals surface area (Å²) in [6, 6.07) is 9.06. The van der Waals surface area contributed by atoms with Crippen molar-refractivity contribution in [2.24, 2.45) is 40.9 Å². The highest BCUT2D eigenvalue weighted by molar-refractivity contribution is 6.04. The Morgan fingerprint density at radius 1 is 1.08 bits per heavy atom. The summed E-state index contributed by atoms with van der Waals surface area (Å²) >= 11 is 0. The Morgan fingerprint density at radius 3 is 2.49 bits per heavy atom. The Morgan fingerprint density at radius 2 is 1.82 bits per heavy atom. The molecule has 1 aromatic carbocycles. The van der Waals surface area contributed by atoms with E-state index in [0.29, 0.717) is 34.5 Å². The molecule has 10 rings (SSSR count). The van der Waals surface area contributed by atoms with Crippen molar-refractivity contribution in [1.82, 2.24) is 19.4 Å². The maximum Gasteiger partial charge on any atom is 0.310 e. The molecule has 0 unspecified atom stereocenters. The van der Waals surface area contributed by atoms with Crippen molar-refractivity contribution < 1.29 is 19.1 Å². The number of carboxylic acid groups (broad SMARTS) is 1. The van der Waals surface area contributed by atoms with Gasteiger partial charge in [-0.15, -0.1) is 0 Å². The standard InChI is InChI=1S/C28H18FN7O3/c29-13-8-11(24(37)34-14-7-10(9-30)3-4-32-14)1-2-12(13)21-22-23(31)33-5-6-36(22)25(35-21)27-15-18-16(27)20-17(27)19(15)28(18,20)26(38)39/h1-8,15-20H,(H2,31,33)(H,38,39)(H,32,34,37). The van der Waals surface area contributed by atoms with Crippen molar-refractivity contribution in [2.45, 2.75) is 5.41 Å². The number of carbonyl (C=O) groups excluding carboxylic acids is 1. The number of halogens is 1. The second-order valence-electron chi connectivity index (χ2n) is 11.3. The Bertz CT molecular complexity index is 1860. The molecule has 10 nitrogen and oxygen atoms in total. The molecule has 0 aliphatic heterocycles. The highest BCUT2D eigenvalue weighted by Crippen LogP contribution is 3.09. The molecule has 0 atom stereocenters. The number of rotatable bonds is 5. The Balaban J connectivity index is 1.09. The van der Waals surface area contributed by atoms with Crippen LogP contribution in [0.5, 0.6) is 0 Å². The lowest BCUT2D eigenvalue weighted by molar-refractivity contribution is -0.614. The summed E-state index contributed by atoms with van der Waals surface area (Å²) in [5.41, 5.74) is 7.09. The van der Waals surface area contributed by atoms with Crippen molar-refractivity contribution in [1.29, 1.82) is 5.26 Å². The van der Waals surface area contributed by atoms with Gasteiger partial charge in [0.25, 0.3) is 5.91 Å². The number of aliphatic carboxylic acids is 1. The molecule has 4 N–H and O–H groups in total. The summed E-state index contributed by atoms with van der Waals surface area (Å²) in [5.74, 6) is 0.959. The van der Waals surface area contributed by atoms with Gasteiger partial charge in [-0.25, -0.2) is 19.3 Å². The van der Waals surface area contributed by atoms with Crippen LogP contribution in [-0.4, -0.2) is 36.3 Å². The van der Waals surface area contributed by atoms with Crippen LogP contribution in [0.3, 0.4) is 0 Å². The first-order chi connectivity index (χ1) is 18.9. The third-order valence-electron chi connectivity index (χ3n) is 10.6. The van der Waals surface area contributed by atoms with E-state index in [1.54, 1.807) is 12.4 Å². The maximum absolute atomic E-state index is 15.6. The highest BCUT2D eigenvalue weighted by Gasteiger charge is 3.12. The number of nitrogens with two attached hydrogens (primary N) is 1. The number of carbonyl (C=O) groups is 2. The van der Waals surface area contributed by atoms with Crippen LogP contribution >= 0.6 is 0 Å². The number of carboxylic acids is 1. The SMILES string of the molecule is N#Cc1ccnc(NC(=O)c2ccc(-c3nc(C45C6C7C4C4C5C6C74C(=O)O)n4ccnc(N)c34)c(F)c2)c1. The third kappa shape index (κ3) is 1.90. The Kier molecular flexibility index (Phi) is 3.38. The molecule has 3 heterocycles. The maximum atomic E-state index is 15.6. The van der Waals surface area contributed by atoms with Crippen molar-refractivity contribution in [3.63, 3.8) is 0 Å². The summed E-state index contributed by atoms with van der Waals surface area (Å²) in [6.07, 6.45) is 4.78. The zero-order valence-corrected chi connectivity index (χ0v) is 20.0. The minimum absolute atomic E-state index is 0.0791. The lowest BCUT2D eigenvalue weighted by Gasteiger charge is -3.09. The molecule has 0 radical (unpaired) electrons. The van der Waals surface area contributed by atoms with Gasteiger partial charge >= 0.3 is 5.97 Å². The molecule has 6 aliphatic rings. The van der Waals surface area contributed by atoms with Gasteiger partial charge in [0.05, 0.1) is 17.0 Å². The van der Waals surface area contributed by atoms with E-state index in [1.165, 1.54) is 30.5 Å². The quantitative estimate of drug-likeness (QED) is 0.363. The molecule has 11 heteroatoms. The first-order valence-electron chi connectivity index (χ1n) is 12.7. The van der Waals surface area contributed by atoms with Crippen LogP contribution in [0.4, 0.5) is 16.0 Å². The number of amides is 1. The van der Waals surface area contributed by atoms with Crippen molar-refractivity contribution in [3.8, 4) is 17.3 Å². The lowest BCUT2D eigenvalue weighted by atomic mass is 8.92. The number of fused-ring (bicyclic) bond motifs is 1. The largest absolute Gasteiger partial charge is 0.481 e. The molecular formula is C28H18FN7O3. The van der Waals surface area contributed by atoms with Gasteiger partial charge in [-0.1, -0.05) is 0 Å². The van der Waals surface area contributed by atoms with E-state index < -0.39 is 23.1 Å². The first kappa shape index (κ1) is 21.1. The molecule has 6 saturated carbocycles. The first-order valence-corrected chi connectivity index (χ1v) is 12.7. The number of hydrogen-bond donors (Lipinski definition) is 3. The fourth-order valence-electron chi connectivity index (χ4n) is 9.57. The zero-order valence-electron chi connectivity index (χ0n) is 20.0. The summed E-state index contributed by atoms with van der Waals surface area (Å²) in [6.45, 7) is 0. The van der Waals surface area contributed by atoms with E-state index in [9.17, 15) is 14.7 Å². The Hall–Kier alpha value is -4.85. The van der Waals surface area contributed by atoms with E-state index in [0.717, 1.165) is 11.9 Å². The molecule has 3 aromatic heterocycles. The van der Waals surface area contributed by atoms with Gasteiger partial charge in [0.2, 0.25) is 0 Å². The summed E-state index contributed by atoms with van der Waals surface area (Å²) in [4.78, 5) is 38.0. The second kappa shape index (κ2) is 6.23. The van der Waals surface area contributed by atoms with Gasteiger partial charge in [0.1, 0.15) is 34.5 Å². The average Bonchev–Trinajstić information content (AvgIpc) is 3.33. The van der Waals surface area contributed by atoms with Crippen LogP contribution in [0.25, 0.3) is 16.8 Å². The van der Waals surface area contributed by atoms with Gasteiger partial charge < -0.3 is 16.2 Å². The van der Waals surface area contributed by atoms with Gasteiger partial charge in [-0.2, -0.15) is 5.26 Å². The molecular weight excluding hydrogens is 501 g/mol. The molecule has 190 valence electrons. The minimum atomic E-state index is -0.651. The van der Waals surface area contributed by atoms with Crippen molar-refractivity contribution in [2.75, 3.05) is 11.1 Å². The molecule has 0 bridgehead atoms. The van der Waals surface area contributed by atoms with Crippen LogP contribution in [0.1, 0.15) is 21.7 Å². The predicted octanol–water partition coefficient (Wildman–Crippen LogP) is 2.71. The number of anilines is 2. The van der Waals surface area contributed by atoms with E-state index in [4.69, 9.17) is 16.0 Å². The van der Waals surface area contributed by atoms with Gasteiger partial charge in [-0.05, 0) is 65.8 Å². The molecule has 39 heavy (non-hydrogen) atoms. The summed E-state index contributed by atoms with van der Waals surface area (Å²) in [5, 5.41) is 21.5. The average molecular weight is 519 g/mol. The van der Waals surface area contributed by atoms with Crippen LogP contribution in [0.2, 0.25) is 0 Å². The number of nitrogen functional groups attached to an aromatic ring is 1. The fraction of sp³-hybridized carbons (Fsp3) is 0.286. The fourth-order valence-corrected chi connectivity index (χ4v) is 9.57. The number of aromatic nitrogens is 4. The van der Waals surface area contributed by atoms with Crippen LogP contribution in [0.15, 0.2) is 48.9 Å². The second-order valence-corrected chi connectivity index (χ2v) is 11.3. The number of nitrogens with zero attached hydrogens (tertiary/aromatic N) is 5. The molecule has 6 fully saturated rings. The number of nitrogens with one attached hydrogen (secondary N) is 1. The number of pyridine rings is 1. The molecule has 0 spiro atoms. The van der Waals surface area contributed by atoms with Gasteiger partial charge in [0, 0.05) is 35.1 Å². The normalized spacial score (nSPS) is 34.9. The van der Waals surface area contributed by atoms with Crippen LogP contribution in [-0.2, 0) is 10.2 Å². The lowest BCUT2D eigenvalue weighted by Crippen LogP contribution is -3.12. The summed E-state index contributed by atoms with van der Waals surface area (Å²) in [7, 11) is 0. The number of nitriles is 1. The van der Waals surface area contributed by atoms with Crippen molar-refractivity contribution >= 4 is 29.0 Å². The smallest absolute Gasteiger partial charge is 0.310 e. The monoisotopic (exact) mass is 519 g/mol. The van der Waals surface area contributed by atoms with E-state index >= 15 is 4.39 Å². The van der Waals surface area contributed by atoms with Crippen LogP contribution in [0, 0.1) is 58.1 Å². The molecule has 1 amide bonds. The predicted molar refractivity (Wildman–Crippen MR) is 132 cm³/mol. The van der Waals surface area contributed by atoms with Crippen LogP contribution < -0.4 is 11.1 Å². The van der Waals surface area contributed by atoms with E-state index in [2.05, 4.69) is 15.3 Å².